The second-order valence-corrected chi connectivity index (χ2v) is 4.36. The molecule has 5 nitrogen and oxygen atoms in total. The first kappa shape index (κ1) is 15.2. The number of benzene rings is 1. The van der Waals surface area contributed by atoms with Gasteiger partial charge in [-0.25, -0.2) is 9.37 Å². The van der Waals surface area contributed by atoms with Gasteiger partial charge in [0.05, 0.1) is 25.8 Å². The summed E-state index contributed by atoms with van der Waals surface area (Å²) < 4.78 is 23.2. The van der Waals surface area contributed by atoms with Crippen LogP contribution in [0.3, 0.4) is 0 Å². The molecule has 0 radical (unpaired) electrons. The van der Waals surface area contributed by atoms with Crippen LogP contribution in [-0.4, -0.2) is 24.1 Å². The van der Waals surface area contributed by atoms with Crippen molar-refractivity contribution in [1.29, 1.82) is 0 Å². The number of rotatable bonds is 7. The van der Waals surface area contributed by atoms with Crippen LogP contribution >= 0.6 is 0 Å². The number of hydrogen-bond acceptors (Lipinski definition) is 5. The number of ether oxygens (including phenoxy) is 1. The molecule has 6 heteroatoms. The Bertz CT molecular complexity index is 581. The lowest BCUT2D eigenvalue weighted by molar-refractivity contribution is -0.142. The quantitative estimate of drug-likeness (QED) is 0.627. The van der Waals surface area contributed by atoms with Crippen LogP contribution in [0.2, 0.25) is 0 Å². The zero-order chi connectivity index (χ0) is 15.1. The molecule has 0 unspecified atom stereocenters. The standard InChI is InChI=1S/C15H17FN2O3/c1-2-20-15(19)7-8-17-10-14-18-9-13(21-14)11-3-5-12(16)6-4-11/h3-6,9,17H,2,7-8,10H2,1H3. The minimum Gasteiger partial charge on any atom is -0.466 e. The fourth-order valence-corrected chi connectivity index (χ4v) is 1.76. The van der Waals surface area contributed by atoms with E-state index in [0.29, 0.717) is 37.8 Å². The van der Waals surface area contributed by atoms with Crippen molar-refractivity contribution in [2.24, 2.45) is 0 Å². The van der Waals surface area contributed by atoms with Gasteiger partial charge in [0.25, 0.3) is 0 Å². The smallest absolute Gasteiger partial charge is 0.307 e. The Hall–Kier alpha value is -2.21. The van der Waals surface area contributed by atoms with E-state index in [1.165, 1.54) is 12.1 Å². The van der Waals surface area contributed by atoms with Crippen molar-refractivity contribution < 1.29 is 18.3 Å². The Morgan fingerprint density at radius 3 is 2.86 bits per heavy atom. The second kappa shape index (κ2) is 7.54. The van der Waals surface area contributed by atoms with Crippen molar-refractivity contribution >= 4 is 5.97 Å². The Morgan fingerprint density at radius 1 is 1.38 bits per heavy atom. The number of carbonyl (C=O) groups excluding carboxylic acids is 1. The van der Waals surface area contributed by atoms with Crippen molar-refractivity contribution in [3.05, 3.63) is 42.2 Å². The molecule has 1 N–H and O–H groups in total. The van der Waals surface area contributed by atoms with E-state index in [-0.39, 0.29) is 11.8 Å². The van der Waals surface area contributed by atoms with Gasteiger partial charge in [0, 0.05) is 12.1 Å². The first-order valence-corrected chi connectivity index (χ1v) is 6.76. The third-order valence-corrected chi connectivity index (χ3v) is 2.77. The minimum atomic E-state index is -0.292. The van der Waals surface area contributed by atoms with Gasteiger partial charge in [-0.3, -0.25) is 4.79 Å². The molecule has 1 aromatic carbocycles. The van der Waals surface area contributed by atoms with Crippen LogP contribution in [0.25, 0.3) is 11.3 Å². The van der Waals surface area contributed by atoms with E-state index in [4.69, 9.17) is 9.15 Å². The third kappa shape index (κ3) is 4.68. The molecule has 0 amide bonds. The van der Waals surface area contributed by atoms with Crippen LogP contribution in [0.15, 0.2) is 34.9 Å². The highest BCUT2D eigenvalue weighted by Gasteiger charge is 2.07. The normalized spacial score (nSPS) is 10.6. The molecule has 0 aliphatic heterocycles. The van der Waals surface area contributed by atoms with Crippen LogP contribution < -0.4 is 5.32 Å². The van der Waals surface area contributed by atoms with E-state index in [1.807, 2.05) is 0 Å². The lowest BCUT2D eigenvalue weighted by Crippen LogP contribution is -2.19. The fraction of sp³-hybridized carbons (Fsp3) is 0.333. The predicted molar refractivity (Wildman–Crippen MR) is 74.9 cm³/mol. The highest BCUT2D eigenvalue weighted by Crippen LogP contribution is 2.20. The zero-order valence-electron chi connectivity index (χ0n) is 11.8. The van der Waals surface area contributed by atoms with E-state index >= 15 is 0 Å². The molecule has 0 saturated heterocycles. The maximum absolute atomic E-state index is 12.8. The summed E-state index contributed by atoms with van der Waals surface area (Å²) in [6.07, 6.45) is 1.90. The number of hydrogen-bond donors (Lipinski definition) is 1. The molecule has 21 heavy (non-hydrogen) atoms. The molecule has 112 valence electrons. The molecular formula is C15H17FN2O3. The SMILES string of the molecule is CCOC(=O)CCNCc1ncc(-c2ccc(F)cc2)o1. The first-order valence-electron chi connectivity index (χ1n) is 6.76. The Labute approximate surface area is 122 Å². The molecule has 0 spiro atoms. The molecule has 0 saturated carbocycles. The number of nitrogens with one attached hydrogen (secondary N) is 1. The summed E-state index contributed by atoms with van der Waals surface area (Å²) >= 11 is 0. The molecule has 0 bridgehead atoms. The summed E-state index contributed by atoms with van der Waals surface area (Å²) in [4.78, 5) is 15.3. The van der Waals surface area contributed by atoms with E-state index in [1.54, 1.807) is 25.3 Å². The van der Waals surface area contributed by atoms with E-state index < -0.39 is 0 Å². The summed E-state index contributed by atoms with van der Waals surface area (Å²) in [7, 11) is 0. The average Bonchev–Trinajstić information content (AvgIpc) is 2.93. The van der Waals surface area contributed by atoms with Crippen molar-refractivity contribution in [3.8, 4) is 11.3 Å². The number of carbonyl (C=O) groups is 1. The van der Waals surface area contributed by atoms with Crippen LogP contribution in [0.1, 0.15) is 19.2 Å². The number of aromatic nitrogens is 1. The molecule has 0 atom stereocenters. The maximum Gasteiger partial charge on any atom is 0.307 e. The van der Waals surface area contributed by atoms with Crippen molar-refractivity contribution in [2.75, 3.05) is 13.2 Å². The number of esters is 1. The van der Waals surface area contributed by atoms with Crippen LogP contribution in [0.4, 0.5) is 4.39 Å². The lowest BCUT2D eigenvalue weighted by Gasteiger charge is -2.02. The van der Waals surface area contributed by atoms with Crippen LogP contribution in [-0.2, 0) is 16.1 Å². The highest BCUT2D eigenvalue weighted by atomic mass is 19.1. The summed E-state index contributed by atoms with van der Waals surface area (Å²) in [6.45, 7) is 3.07. The first-order chi connectivity index (χ1) is 10.2. The third-order valence-electron chi connectivity index (χ3n) is 2.77. The Balaban J connectivity index is 1.81. The molecule has 2 aromatic rings. The summed E-state index contributed by atoms with van der Waals surface area (Å²) in [6, 6.07) is 6.01. The number of nitrogens with zero attached hydrogens (tertiary/aromatic N) is 1. The summed E-state index contributed by atoms with van der Waals surface area (Å²) in [5.74, 6) is 0.568. The van der Waals surface area contributed by atoms with Gasteiger partial charge in [-0.15, -0.1) is 0 Å². The number of oxazole rings is 1. The fourth-order valence-electron chi connectivity index (χ4n) is 1.76. The maximum atomic E-state index is 12.8. The molecule has 0 aliphatic carbocycles. The minimum absolute atomic E-state index is 0.232. The zero-order valence-corrected chi connectivity index (χ0v) is 11.8. The molecular weight excluding hydrogens is 275 g/mol. The number of halogens is 1. The van der Waals surface area contributed by atoms with Gasteiger partial charge < -0.3 is 14.5 Å². The molecule has 0 aliphatic rings. The molecule has 0 fully saturated rings. The molecule has 1 aromatic heterocycles. The summed E-state index contributed by atoms with van der Waals surface area (Å²) in [5, 5.41) is 3.05. The Kier molecular flexibility index (Phi) is 5.45. The van der Waals surface area contributed by atoms with Gasteiger partial charge in [0.15, 0.2) is 5.76 Å². The van der Waals surface area contributed by atoms with Crippen molar-refractivity contribution in [1.82, 2.24) is 10.3 Å². The van der Waals surface area contributed by atoms with Crippen molar-refractivity contribution in [2.45, 2.75) is 19.9 Å². The average molecular weight is 292 g/mol. The molecule has 2 rings (SSSR count). The van der Waals surface area contributed by atoms with Gasteiger partial charge in [0.2, 0.25) is 5.89 Å². The van der Waals surface area contributed by atoms with E-state index in [0.717, 1.165) is 5.56 Å². The second-order valence-electron chi connectivity index (χ2n) is 4.36. The predicted octanol–water partition coefficient (Wildman–Crippen LogP) is 2.52. The molecule has 1 heterocycles. The van der Waals surface area contributed by atoms with Gasteiger partial charge in [0.1, 0.15) is 5.82 Å². The topological polar surface area (TPSA) is 64.4 Å². The van der Waals surface area contributed by atoms with Gasteiger partial charge in [-0.1, -0.05) is 0 Å². The lowest BCUT2D eigenvalue weighted by atomic mass is 10.2. The monoisotopic (exact) mass is 292 g/mol. The van der Waals surface area contributed by atoms with Gasteiger partial charge in [-0.2, -0.15) is 0 Å². The van der Waals surface area contributed by atoms with Crippen LogP contribution in [0.5, 0.6) is 0 Å². The largest absolute Gasteiger partial charge is 0.466 e. The van der Waals surface area contributed by atoms with E-state index in [9.17, 15) is 9.18 Å². The van der Waals surface area contributed by atoms with E-state index in [2.05, 4.69) is 10.3 Å². The van der Waals surface area contributed by atoms with Gasteiger partial charge >= 0.3 is 5.97 Å². The van der Waals surface area contributed by atoms with Crippen molar-refractivity contribution in [3.63, 3.8) is 0 Å². The summed E-state index contributed by atoms with van der Waals surface area (Å²) in [5.41, 5.74) is 0.765. The van der Waals surface area contributed by atoms with Crippen LogP contribution in [0, 0.1) is 5.82 Å². The highest BCUT2D eigenvalue weighted by molar-refractivity contribution is 5.69. The Morgan fingerprint density at radius 2 is 2.14 bits per heavy atom. The van der Waals surface area contributed by atoms with Gasteiger partial charge in [-0.05, 0) is 31.2 Å².